The minimum absolute atomic E-state index is 0.0304. The molecule has 0 radical (unpaired) electrons. The van der Waals surface area contributed by atoms with Gasteiger partial charge in [-0.1, -0.05) is 11.8 Å². The monoisotopic (exact) mass is 448 g/mol. The van der Waals surface area contributed by atoms with Crippen molar-refractivity contribution in [2.45, 2.75) is 24.3 Å². The van der Waals surface area contributed by atoms with E-state index in [0.29, 0.717) is 28.8 Å². The van der Waals surface area contributed by atoms with E-state index in [9.17, 15) is 9.18 Å². The molecule has 8 heteroatoms. The van der Waals surface area contributed by atoms with Gasteiger partial charge in [-0.25, -0.2) is 4.39 Å². The highest BCUT2D eigenvalue weighted by Gasteiger charge is 2.23. The lowest BCUT2D eigenvalue weighted by atomic mass is 10.1. The van der Waals surface area contributed by atoms with E-state index in [0.717, 1.165) is 11.3 Å². The molecule has 0 spiro atoms. The van der Waals surface area contributed by atoms with Gasteiger partial charge in [-0.2, -0.15) is 0 Å². The molecule has 2 aromatic carbocycles. The Morgan fingerprint density at radius 3 is 2.38 bits per heavy atom. The number of ketones is 1. The van der Waals surface area contributed by atoms with E-state index in [1.165, 1.54) is 23.9 Å². The van der Waals surface area contributed by atoms with Crippen molar-refractivity contribution in [1.82, 2.24) is 19.7 Å². The first kappa shape index (κ1) is 21.7. The van der Waals surface area contributed by atoms with Crippen LogP contribution in [0.1, 0.15) is 24.2 Å². The highest BCUT2D eigenvalue weighted by Crippen LogP contribution is 2.31. The average Bonchev–Trinajstić information content (AvgIpc) is 3.24. The topological polar surface area (TPSA) is 69.9 Å². The number of hydrogen-bond acceptors (Lipinski definition) is 6. The van der Waals surface area contributed by atoms with Gasteiger partial charge < -0.3 is 4.74 Å². The van der Waals surface area contributed by atoms with Crippen molar-refractivity contribution in [3.05, 3.63) is 84.4 Å². The van der Waals surface area contributed by atoms with Gasteiger partial charge >= 0.3 is 0 Å². The number of Topliss-reactive ketones (excluding diaryl/α,β-unsaturated/α-hetero) is 1. The maximum absolute atomic E-state index is 13.5. The van der Waals surface area contributed by atoms with Gasteiger partial charge in [0.1, 0.15) is 11.6 Å². The first-order chi connectivity index (χ1) is 15.6. The second-order valence-electron chi connectivity index (χ2n) is 6.94. The quantitative estimate of drug-likeness (QED) is 0.272. The van der Waals surface area contributed by atoms with Crippen LogP contribution in [-0.2, 0) is 0 Å². The Morgan fingerprint density at radius 2 is 1.72 bits per heavy atom. The van der Waals surface area contributed by atoms with Crippen molar-refractivity contribution in [2.75, 3.05) is 6.61 Å². The molecule has 2 aromatic heterocycles. The lowest BCUT2D eigenvalue weighted by molar-refractivity contribution is 0.0994. The second kappa shape index (κ2) is 9.74. The molecular formula is C24H21FN4O2S. The minimum atomic E-state index is -0.415. The van der Waals surface area contributed by atoms with Crippen molar-refractivity contribution in [2.24, 2.45) is 0 Å². The van der Waals surface area contributed by atoms with Gasteiger partial charge in [0, 0.05) is 29.2 Å². The van der Waals surface area contributed by atoms with E-state index in [4.69, 9.17) is 4.74 Å². The number of carbonyl (C=O) groups excluding carboxylic acids is 1. The summed E-state index contributed by atoms with van der Waals surface area (Å²) in [5.74, 6) is 0.947. The van der Waals surface area contributed by atoms with Crippen molar-refractivity contribution < 1.29 is 13.9 Å². The Labute approximate surface area is 189 Å². The molecule has 0 amide bonds. The lowest BCUT2D eigenvalue weighted by Crippen LogP contribution is -2.14. The summed E-state index contributed by atoms with van der Waals surface area (Å²) in [5, 5.41) is 8.80. The van der Waals surface area contributed by atoms with E-state index in [1.54, 1.807) is 48.8 Å². The summed E-state index contributed by atoms with van der Waals surface area (Å²) in [4.78, 5) is 17.1. The standard InChI is InChI=1S/C24H21FN4O2S/c1-3-31-21-10-4-17(5-11-21)22(30)16(2)32-24-28-27-23(18-12-14-26-15-13-18)29(24)20-8-6-19(25)7-9-20/h4-16H,3H2,1-2H3. The number of pyridine rings is 1. The largest absolute Gasteiger partial charge is 0.494 e. The molecule has 6 nitrogen and oxygen atoms in total. The Hall–Kier alpha value is -3.52. The summed E-state index contributed by atoms with van der Waals surface area (Å²) in [6.07, 6.45) is 3.34. The SMILES string of the molecule is CCOc1ccc(C(=O)C(C)Sc2nnc(-c3ccncc3)n2-c2ccc(F)cc2)cc1. The van der Waals surface area contributed by atoms with Gasteiger partial charge in [-0.05, 0) is 74.5 Å². The number of halogens is 1. The molecule has 32 heavy (non-hydrogen) atoms. The third-order valence-electron chi connectivity index (χ3n) is 4.76. The molecule has 2 heterocycles. The van der Waals surface area contributed by atoms with E-state index in [2.05, 4.69) is 15.2 Å². The Kier molecular flexibility index (Phi) is 6.61. The van der Waals surface area contributed by atoms with Crippen LogP contribution in [-0.4, -0.2) is 37.4 Å². The Bertz CT molecular complexity index is 1200. The van der Waals surface area contributed by atoms with Gasteiger partial charge in [0.05, 0.1) is 11.9 Å². The molecule has 0 saturated heterocycles. The van der Waals surface area contributed by atoms with Crippen molar-refractivity contribution >= 4 is 17.5 Å². The maximum Gasteiger partial charge on any atom is 0.196 e. The number of aromatic nitrogens is 4. The molecule has 0 aliphatic rings. The molecule has 0 bridgehead atoms. The minimum Gasteiger partial charge on any atom is -0.494 e. The average molecular weight is 449 g/mol. The van der Waals surface area contributed by atoms with Crippen LogP contribution in [0.5, 0.6) is 5.75 Å². The van der Waals surface area contributed by atoms with Crippen LogP contribution in [0.15, 0.2) is 78.2 Å². The van der Waals surface area contributed by atoms with E-state index in [-0.39, 0.29) is 11.6 Å². The summed E-state index contributed by atoms with van der Waals surface area (Å²) in [5.41, 5.74) is 2.11. The summed E-state index contributed by atoms with van der Waals surface area (Å²) in [6, 6.07) is 16.8. The van der Waals surface area contributed by atoms with Crippen molar-refractivity contribution in [1.29, 1.82) is 0 Å². The van der Waals surface area contributed by atoms with E-state index in [1.807, 2.05) is 30.5 Å². The smallest absolute Gasteiger partial charge is 0.196 e. The van der Waals surface area contributed by atoms with Crippen molar-refractivity contribution in [3.8, 4) is 22.8 Å². The Balaban J connectivity index is 1.65. The van der Waals surface area contributed by atoms with Gasteiger partial charge in [0.2, 0.25) is 0 Å². The van der Waals surface area contributed by atoms with Crippen LogP contribution in [0.2, 0.25) is 0 Å². The number of benzene rings is 2. The van der Waals surface area contributed by atoms with Gasteiger partial charge in [0.25, 0.3) is 0 Å². The first-order valence-electron chi connectivity index (χ1n) is 10.1. The molecule has 0 fully saturated rings. The fourth-order valence-electron chi connectivity index (χ4n) is 3.19. The number of thioether (sulfide) groups is 1. The zero-order chi connectivity index (χ0) is 22.5. The maximum atomic E-state index is 13.5. The molecule has 0 saturated carbocycles. The zero-order valence-corrected chi connectivity index (χ0v) is 18.4. The molecule has 4 rings (SSSR count). The van der Waals surface area contributed by atoms with Crippen LogP contribution in [0.25, 0.3) is 17.1 Å². The van der Waals surface area contributed by atoms with Crippen LogP contribution < -0.4 is 4.74 Å². The first-order valence-corrected chi connectivity index (χ1v) is 11.0. The third kappa shape index (κ3) is 4.70. The third-order valence-corrected chi connectivity index (χ3v) is 5.80. The molecule has 1 unspecified atom stereocenters. The number of hydrogen-bond donors (Lipinski definition) is 0. The summed E-state index contributed by atoms with van der Waals surface area (Å²) < 4.78 is 20.8. The fourth-order valence-corrected chi connectivity index (χ4v) is 4.13. The van der Waals surface area contributed by atoms with Crippen LogP contribution in [0.4, 0.5) is 4.39 Å². The highest BCUT2D eigenvalue weighted by molar-refractivity contribution is 8.00. The number of nitrogens with zero attached hydrogens (tertiary/aromatic N) is 4. The number of carbonyl (C=O) groups is 1. The van der Waals surface area contributed by atoms with E-state index >= 15 is 0 Å². The lowest BCUT2D eigenvalue weighted by Gasteiger charge is -2.13. The second-order valence-corrected chi connectivity index (χ2v) is 8.24. The van der Waals surface area contributed by atoms with Crippen LogP contribution >= 0.6 is 11.8 Å². The zero-order valence-electron chi connectivity index (χ0n) is 17.6. The molecular weight excluding hydrogens is 427 g/mol. The summed E-state index contributed by atoms with van der Waals surface area (Å²) >= 11 is 1.30. The molecule has 4 aromatic rings. The van der Waals surface area contributed by atoms with Crippen LogP contribution in [0, 0.1) is 5.82 Å². The molecule has 0 aliphatic carbocycles. The number of ether oxygens (including phenoxy) is 1. The molecule has 0 N–H and O–H groups in total. The normalized spacial score (nSPS) is 11.8. The summed E-state index contributed by atoms with van der Waals surface area (Å²) in [6.45, 7) is 4.31. The van der Waals surface area contributed by atoms with Gasteiger partial charge in [-0.15, -0.1) is 10.2 Å². The van der Waals surface area contributed by atoms with Gasteiger partial charge in [-0.3, -0.25) is 14.3 Å². The van der Waals surface area contributed by atoms with Gasteiger partial charge in [0.15, 0.2) is 16.8 Å². The predicted octanol–water partition coefficient (Wildman–Crippen LogP) is 5.23. The molecule has 0 aliphatic heterocycles. The number of rotatable bonds is 8. The van der Waals surface area contributed by atoms with E-state index < -0.39 is 5.25 Å². The van der Waals surface area contributed by atoms with Crippen molar-refractivity contribution in [3.63, 3.8) is 0 Å². The highest BCUT2D eigenvalue weighted by atomic mass is 32.2. The van der Waals surface area contributed by atoms with Crippen LogP contribution in [0.3, 0.4) is 0 Å². The molecule has 1 atom stereocenters. The predicted molar refractivity (Wildman–Crippen MR) is 122 cm³/mol. The fraction of sp³-hybridized carbons (Fsp3) is 0.167. The molecule has 162 valence electrons. The summed E-state index contributed by atoms with van der Waals surface area (Å²) in [7, 11) is 0. The Morgan fingerprint density at radius 1 is 1.03 bits per heavy atom.